The highest BCUT2D eigenvalue weighted by Gasteiger charge is 2.39. The summed E-state index contributed by atoms with van der Waals surface area (Å²) in [5.74, 6) is 1.14. The van der Waals surface area contributed by atoms with Crippen LogP contribution in [0.25, 0.3) is 0 Å². The molecule has 3 rings (SSSR count). The van der Waals surface area contributed by atoms with Crippen molar-refractivity contribution in [3.63, 3.8) is 0 Å². The maximum absolute atomic E-state index is 5.47. The van der Waals surface area contributed by atoms with E-state index in [-0.39, 0.29) is 0 Å². The highest BCUT2D eigenvalue weighted by Crippen LogP contribution is 2.33. The van der Waals surface area contributed by atoms with Gasteiger partial charge in [0.15, 0.2) is 5.82 Å². The zero-order chi connectivity index (χ0) is 14.3. The van der Waals surface area contributed by atoms with E-state index >= 15 is 0 Å². The molecule has 0 aliphatic carbocycles. The zero-order valence-electron chi connectivity index (χ0n) is 13.0. The van der Waals surface area contributed by atoms with Crippen molar-refractivity contribution in [1.29, 1.82) is 0 Å². The first-order chi connectivity index (χ1) is 9.56. The fraction of sp³-hybridized carbons (Fsp3) is 0.867. The van der Waals surface area contributed by atoms with E-state index in [0.29, 0.717) is 24.0 Å². The van der Waals surface area contributed by atoms with E-state index in [0.717, 1.165) is 25.0 Å². The molecule has 1 aromatic heterocycles. The molecule has 2 atom stereocenters. The monoisotopic (exact) mass is 278 g/mol. The lowest BCUT2D eigenvalue weighted by Gasteiger charge is -2.31. The average molecular weight is 278 g/mol. The number of anilines is 1. The lowest BCUT2D eigenvalue weighted by molar-refractivity contribution is 0.158. The number of nitrogens with zero attached hydrogens (tertiary/aromatic N) is 4. The Morgan fingerprint density at radius 3 is 2.50 bits per heavy atom. The first-order valence-corrected chi connectivity index (χ1v) is 7.92. The van der Waals surface area contributed by atoms with Gasteiger partial charge in [0, 0.05) is 37.1 Å². The van der Waals surface area contributed by atoms with E-state index in [2.05, 4.69) is 47.6 Å². The first-order valence-electron chi connectivity index (χ1n) is 7.92. The van der Waals surface area contributed by atoms with E-state index in [1.807, 2.05) is 0 Å². The lowest BCUT2D eigenvalue weighted by Crippen LogP contribution is -2.43. The van der Waals surface area contributed by atoms with Gasteiger partial charge >= 0.3 is 6.01 Å². The molecule has 0 spiro atoms. The first kappa shape index (κ1) is 13.9. The number of aromatic nitrogens is 2. The van der Waals surface area contributed by atoms with Crippen LogP contribution in [0.3, 0.4) is 0 Å². The minimum absolute atomic E-state index is 0.322. The van der Waals surface area contributed by atoms with Gasteiger partial charge in [-0.05, 0) is 33.1 Å². The number of hydrogen-bond acceptors (Lipinski definition) is 5. The van der Waals surface area contributed by atoms with Crippen molar-refractivity contribution in [2.75, 3.05) is 18.0 Å². The zero-order valence-corrected chi connectivity index (χ0v) is 13.0. The van der Waals surface area contributed by atoms with Crippen LogP contribution >= 0.6 is 0 Å². The smallest absolute Gasteiger partial charge is 0.323 e. The standard InChI is InChI=1S/C15H26N4O/c1-10(2)14-16-15(20-17-14)18-8-7-12-5-6-13(9-18)19(12)11(3)4/h10-13H,5-9H2,1-4H3/t12-,13+/m1/s1. The molecule has 0 radical (unpaired) electrons. The molecule has 2 fully saturated rings. The van der Waals surface area contributed by atoms with E-state index in [1.54, 1.807) is 0 Å². The molecule has 2 bridgehead atoms. The largest absolute Gasteiger partial charge is 0.324 e. The fourth-order valence-electron chi connectivity index (χ4n) is 3.72. The maximum Gasteiger partial charge on any atom is 0.324 e. The van der Waals surface area contributed by atoms with Gasteiger partial charge in [0.2, 0.25) is 0 Å². The van der Waals surface area contributed by atoms with Crippen molar-refractivity contribution in [3.8, 4) is 0 Å². The Bertz CT molecular complexity index is 456. The Kier molecular flexibility index (Phi) is 3.71. The minimum atomic E-state index is 0.322. The van der Waals surface area contributed by atoms with Crippen molar-refractivity contribution < 1.29 is 4.52 Å². The third-order valence-corrected chi connectivity index (χ3v) is 4.65. The van der Waals surface area contributed by atoms with Crippen LogP contribution in [0.4, 0.5) is 6.01 Å². The minimum Gasteiger partial charge on any atom is -0.323 e. The van der Waals surface area contributed by atoms with Gasteiger partial charge in [0.1, 0.15) is 0 Å². The van der Waals surface area contributed by atoms with E-state index in [1.165, 1.54) is 19.3 Å². The number of fused-ring (bicyclic) bond motifs is 2. The van der Waals surface area contributed by atoms with Crippen LogP contribution < -0.4 is 4.90 Å². The van der Waals surface area contributed by atoms with E-state index in [4.69, 9.17) is 4.52 Å². The Morgan fingerprint density at radius 2 is 1.85 bits per heavy atom. The normalized spacial score (nSPS) is 27.6. The van der Waals surface area contributed by atoms with Crippen LogP contribution in [0.1, 0.15) is 58.7 Å². The van der Waals surface area contributed by atoms with Crippen LogP contribution in [-0.4, -0.2) is 46.3 Å². The summed E-state index contributed by atoms with van der Waals surface area (Å²) >= 11 is 0. The summed E-state index contributed by atoms with van der Waals surface area (Å²) in [6.45, 7) is 10.9. The number of hydrogen-bond donors (Lipinski definition) is 0. The quantitative estimate of drug-likeness (QED) is 0.850. The van der Waals surface area contributed by atoms with Crippen molar-refractivity contribution in [2.45, 2.75) is 71.0 Å². The molecular formula is C15H26N4O. The summed E-state index contributed by atoms with van der Waals surface area (Å²) in [5.41, 5.74) is 0. The topological polar surface area (TPSA) is 45.4 Å². The fourth-order valence-corrected chi connectivity index (χ4v) is 3.72. The Labute approximate surface area is 121 Å². The predicted octanol–water partition coefficient (Wildman–Crippen LogP) is 2.64. The molecule has 2 aliphatic rings. The van der Waals surface area contributed by atoms with Gasteiger partial charge < -0.3 is 9.42 Å². The third kappa shape index (κ3) is 2.43. The van der Waals surface area contributed by atoms with Crippen LogP contribution in [0, 0.1) is 0 Å². The molecule has 0 unspecified atom stereocenters. The molecule has 20 heavy (non-hydrogen) atoms. The number of rotatable bonds is 3. The lowest BCUT2D eigenvalue weighted by atomic mass is 10.1. The molecule has 0 saturated carbocycles. The van der Waals surface area contributed by atoms with Crippen LogP contribution in [0.2, 0.25) is 0 Å². The molecular weight excluding hydrogens is 252 g/mol. The Hall–Kier alpha value is -1.10. The highest BCUT2D eigenvalue weighted by atomic mass is 16.5. The van der Waals surface area contributed by atoms with Gasteiger partial charge in [0.25, 0.3) is 0 Å². The van der Waals surface area contributed by atoms with Gasteiger partial charge in [-0.3, -0.25) is 4.90 Å². The second-order valence-electron chi connectivity index (χ2n) is 6.75. The Morgan fingerprint density at radius 1 is 1.10 bits per heavy atom. The van der Waals surface area contributed by atoms with E-state index < -0.39 is 0 Å². The Balaban J connectivity index is 1.76. The van der Waals surface area contributed by atoms with Gasteiger partial charge in [-0.1, -0.05) is 19.0 Å². The molecule has 0 amide bonds. The molecule has 1 aromatic rings. The predicted molar refractivity (Wildman–Crippen MR) is 79.0 cm³/mol. The summed E-state index contributed by atoms with van der Waals surface area (Å²) in [4.78, 5) is 9.54. The van der Waals surface area contributed by atoms with Crippen molar-refractivity contribution in [1.82, 2.24) is 15.0 Å². The molecule has 112 valence electrons. The molecule has 3 heterocycles. The van der Waals surface area contributed by atoms with Crippen molar-refractivity contribution in [2.24, 2.45) is 0 Å². The molecule has 2 saturated heterocycles. The summed E-state index contributed by atoms with van der Waals surface area (Å²) in [7, 11) is 0. The van der Waals surface area contributed by atoms with Gasteiger partial charge in [-0.2, -0.15) is 4.98 Å². The second-order valence-corrected chi connectivity index (χ2v) is 6.75. The average Bonchev–Trinajstić information content (AvgIpc) is 2.94. The van der Waals surface area contributed by atoms with Crippen LogP contribution in [0.15, 0.2) is 4.52 Å². The molecule has 5 nitrogen and oxygen atoms in total. The van der Waals surface area contributed by atoms with Crippen LogP contribution in [0.5, 0.6) is 0 Å². The van der Waals surface area contributed by atoms with Gasteiger partial charge in [0.05, 0.1) is 0 Å². The molecule has 0 N–H and O–H groups in total. The molecule has 5 heteroatoms. The van der Waals surface area contributed by atoms with Crippen molar-refractivity contribution in [3.05, 3.63) is 5.82 Å². The highest BCUT2D eigenvalue weighted by molar-refractivity contribution is 5.27. The summed E-state index contributed by atoms with van der Waals surface area (Å²) in [6.07, 6.45) is 3.84. The van der Waals surface area contributed by atoms with Gasteiger partial charge in [-0.25, -0.2) is 0 Å². The van der Waals surface area contributed by atoms with Gasteiger partial charge in [-0.15, -0.1) is 0 Å². The third-order valence-electron chi connectivity index (χ3n) is 4.65. The summed E-state index contributed by atoms with van der Waals surface area (Å²) < 4.78 is 5.47. The molecule has 0 aromatic carbocycles. The SMILES string of the molecule is CC(C)c1noc(N2CC[C@H]3CC[C@@H](C2)N3C(C)C)n1. The second kappa shape index (κ2) is 5.35. The maximum atomic E-state index is 5.47. The molecule has 2 aliphatic heterocycles. The van der Waals surface area contributed by atoms with E-state index in [9.17, 15) is 0 Å². The summed E-state index contributed by atoms with van der Waals surface area (Å²) in [6, 6.07) is 2.71. The van der Waals surface area contributed by atoms with Crippen LogP contribution in [-0.2, 0) is 0 Å². The summed E-state index contributed by atoms with van der Waals surface area (Å²) in [5, 5.41) is 4.10. The van der Waals surface area contributed by atoms with Crippen molar-refractivity contribution >= 4 is 6.01 Å².